The molecule has 0 spiro atoms. The van der Waals surface area contributed by atoms with Crippen LogP contribution >= 0.6 is 0 Å². The van der Waals surface area contributed by atoms with Crippen molar-refractivity contribution in [3.8, 4) is 0 Å². The van der Waals surface area contributed by atoms with Gasteiger partial charge in [0, 0.05) is 26.1 Å². The molecule has 0 aliphatic carbocycles. The van der Waals surface area contributed by atoms with Gasteiger partial charge in [0.05, 0.1) is 25.4 Å². The molecule has 1 heterocycles. The molecular weight excluding hydrogens is 438 g/mol. The predicted octanol–water partition coefficient (Wildman–Crippen LogP) is 7.22. The van der Waals surface area contributed by atoms with Crippen LogP contribution in [0.25, 0.3) is 0 Å². The number of ether oxygens (including phenoxy) is 2. The van der Waals surface area contributed by atoms with Crippen molar-refractivity contribution in [2.45, 2.75) is 161 Å². The lowest BCUT2D eigenvalue weighted by Crippen LogP contribution is -2.41. The van der Waals surface area contributed by atoms with E-state index in [2.05, 4.69) is 18.7 Å². The van der Waals surface area contributed by atoms with Crippen molar-refractivity contribution in [1.82, 2.24) is 4.90 Å². The van der Waals surface area contributed by atoms with Gasteiger partial charge in [-0.2, -0.15) is 0 Å². The lowest BCUT2D eigenvalue weighted by molar-refractivity contribution is -0.150. The molecule has 1 fully saturated rings. The van der Waals surface area contributed by atoms with Gasteiger partial charge in [-0.25, -0.2) is 0 Å². The van der Waals surface area contributed by atoms with Crippen molar-refractivity contribution in [2.24, 2.45) is 0 Å². The molecule has 1 aliphatic rings. The van der Waals surface area contributed by atoms with Gasteiger partial charge in [0.2, 0.25) is 0 Å². The summed E-state index contributed by atoms with van der Waals surface area (Å²) in [5.74, 6) is -0.524. The van der Waals surface area contributed by atoms with Crippen LogP contribution in [0.3, 0.4) is 0 Å². The van der Waals surface area contributed by atoms with E-state index in [1.54, 1.807) is 0 Å². The minimum absolute atomic E-state index is 0.330. The average molecular weight is 500 g/mol. The molecule has 0 aromatic rings. The highest BCUT2D eigenvalue weighted by Gasteiger charge is 2.31. The number of aliphatic hydroxyl groups is 2. The molecule has 35 heavy (non-hydrogen) atoms. The minimum Gasteiger partial charge on any atom is -0.392 e. The monoisotopic (exact) mass is 499 g/mol. The molecule has 0 bridgehead atoms. The highest BCUT2D eigenvalue weighted by molar-refractivity contribution is 4.75. The first kappa shape index (κ1) is 32.8. The van der Waals surface area contributed by atoms with E-state index in [-0.39, 0.29) is 12.2 Å². The lowest BCUT2D eigenvalue weighted by Gasteiger charge is -2.31. The Morgan fingerprint density at radius 1 is 0.629 bits per heavy atom. The van der Waals surface area contributed by atoms with E-state index < -0.39 is 5.79 Å². The van der Waals surface area contributed by atoms with Gasteiger partial charge in [-0.05, 0) is 19.8 Å². The van der Waals surface area contributed by atoms with Gasteiger partial charge in [0.1, 0.15) is 0 Å². The lowest BCUT2D eigenvalue weighted by atomic mass is 10.0. The van der Waals surface area contributed by atoms with E-state index in [4.69, 9.17) is 9.47 Å². The zero-order chi connectivity index (χ0) is 25.6. The van der Waals surface area contributed by atoms with E-state index in [0.717, 1.165) is 38.6 Å². The predicted molar refractivity (Wildman–Crippen MR) is 148 cm³/mol. The molecule has 1 aliphatic heterocycles. The molecule has 2 atom stereocenters. The molecule has 1 saturated heterocycles. The summed E-state index contributed by atoms with van der Waals surface area (Å²) in [6, 6.07) is 0. The smallest absolute Gasteiger partial charge is 0.166 e. The largest absolute Gasteiger partial charge is 0.392 e. The van der Waals surface area contributed by atoms with Crippen molar-refractivity contribution < 1.29 is 19.7 Å². The van der Waals surface area contributed by atoms with Crippen LogP contribution in [0.1, 0.15) is 143 Å². The van der Waals surface area contributed by atoms with Crippen LogP contribution in [0.4, 0.5) is 0 Å². The highest BCUT2D eigenvalue weighted by Crippen LogP contribution is 2.23. The fourth-order valence-corrected chi connectivity index (χ4v) is 5.13. The first-order chi connectivity index (χ1) is 17.0. The van der Waals surface area contributed by atoms with Gasteiger partial charge >= 0.3 is 0 Å². The Morgan fingerprint density at radius 3 is 1.40 bits per heavy atom. The number of rotatable bonds is 25. The van der Waals surface area contributed by atoms with Crippen LogP contribution in [0.5, 0.6) is 0 Å². The van der Waals surface area contributed by atoms with Crippen LogP contribution in [-0.2, 0) is 9.47 Å². The Morgan fingerprint density at radius 2 is 1.00 bits per heavy atom. The molecule has 5 nitrogen and oxygen atoms in total. The van der Waals surface area contributed by atoms with Gasteiger partial charge in [-0.1, -0.05) is 117 Å². The van der Waals surface area contributed by atoms with E-state index in [1.807, 2.05) is 6.92 Å². The molecule has 0 amide bonds. The van der Waals surface area contributed by atoms with Crippen LogP contribution in [-0.4, -0.2) is 66.0 Å². The summed E-state index contributed by atoms with van der Waals surface area (Å²) in [4.78, 5) is 2.24. The molecule has 1 rings (SSSR count). The maximum absolute atomic E-state index is 10.7. The SMILES string of the molecule is CCCCCCCCCCC(O)CN(CCC1(C)OCCO1)CC(O)CCCCCCCCCC. The van der Waals surface area contributed by atoms with Crippen molar-refractivity contribution >= 4 is 0 Å². The Balaban J connectivity index is 2.29. The summed E-state index contributed by atoms with van der Waals surface area (Å²) in [7, 11) is 0. The number of hydrogen-bond donors (Lipinski definition) is 2. The minimum atomic E-state index is -0.524. The Bertz CT molecular complexity index is 428. The van der Waals surface area contributed by atoms with Crippen LogP contribution in [0, 0.1) is 0 Å². The second kappa shape index (κ2) is 21.8. The number of hydrogen-bond acceptors (Lipinski definition) is 5. The summed E-state index contributed by atoms with van der Waals surface area (Å²) >= 11 is 0. The van der Waals surface area contributed by atoms with Crippen molar-refractivity contribution in [3.05, 3.63) is 0 Å². The van der Waals surface area contributed by atoms with Crippen molar-refractivity contribution in [1.29, 1.82) is 0 Å². The Kier molecular flexibility index (Phi) is 20.5. The third-order valence-electron chi connectivity index (χ3n) is 7.50. The van der Waals surface area contributed by atoms with E-state index in [9.17, 15) is 10.2 Å². The van der Waals surface area contributed by atoms with Crippen molar-refractivity contribution in [2.75, 3.05) is 32.8 Å². The topological polar surface area (TPSA) is 62.2 Å². The maximum atomic E-state index is 10.7. The second-order valence-corrected chi connectivity index (χ2v) is 11.2. The molecule has 2 unspecified atom stereocenters. The third-order valence-corrected chi connectivity index (χ3v) is 7.50. The first-order valence-electron chi connectivity index (χ1n) is 15.4. The van der Waals surface area contributed by atoms with Crippen LogP contribution in [0.2, 0.25) is 0 Å². The fraction of sp³-hybridized carbons (Fsp3) is 1.00. The zero-order valence-electron chi connectivity index (χ0n) is 23.8. The average Bonchev–Trinajstić information content (AvgIpc) is 3.27. The molecule has 210 valence electrons. The summed E-state index contributed by atoms with van der Waals surface area (Å²) in [6.45, 7) is 9.85. The second-order valence-electron chi connectivity index (χ2n) is 11.2. The molecule has 5 heteroatoms. The summed E-state index contributed by atoms with van der Waals surface area (Å²) in [6.07, 6.45) is 22.4. The fourth-order valence-electron chi connectivity index (χ4n) is 5.13. The number of unbranched alkanes of at least 4 members (excludes halogenated alkanes) is 14. The van der Waals surface area contributed by atoms with Crippen molar-refractivity contribution in [3.63, 3.8) is 0 Å². The van der Waals surface area contributed by atoms with Gasteiger partial charge in [0.15, 0.2) is 5.79 Å². The third kappa shape index (κ3) is 18.7. The normalized spacial score (nSPS) is 17.3. The van der Waals surface area contributed by atoms with E-state index in [0.29, 0.717) is 26.3 Å². The van der Waals surface area contributed by atoms with Gasteiger partial charge in [0.25, 0.3) is 0 Å². The van der Waals surface area contributed by atoms with E-state index >= 15 is 0 Å². The quantitative estimate of drug-likeness (QED) is 0.130. The molecule has 0 aromatic heterocycles. The number of nitrogens with zero attached hydrogens (tertiary/aromatic N) is 1. The van der Waals surface area contributed by atoms with Gasteiger partial charge in [-0.15, -0.1) is 0 Å². The molecule has 0 radical (unpaired) electrons. The standard InChI is InChI=1S/C30H61NO4/c1-4-6-8-10-12-14-16-18-20-28(32)26-31(23-22-30(3)34-24-25-35-30)27-29(33)21-19-17-15-13-11-9-7-5-2/h28-29,32-33H,4-27H2,1-3H3. The van der Waals surface area contributed by atoms with Crippen LogP contribution < -0.4 is 0 Å². The van der Waals surface area contributed by atoms with E-state index in [1.165, 1.54) is 89.9 Å². The molecule has 0 aromatic carbocycles. The number of aliphatic hydroxyl groups excluding tert-OH is 2. The summed E-state index contributed by atoms with van der Waals surface area (Å²) in [5, 5.41) is 21.4. The van der Waals surface area contributed by atoms with Crippen LogP contribution in [0.15, 0.2) is 0 Å². The first-order valence-corrected chi connectivity index (χ1v) is 15.4. The van der Waals surface area contributed by atoms with Gasteiger partial charge < -0.3 is 19.7 Å². The molecule has 0 saturated carbocycles. The summed E-state index contributed by atoms with van der Waals surface area (Å²) in [5.41, 5.74) is 0. The zero-order valence-corrected chi connectivity index (χ0v) is 23.8. The summed E-state index contributed by atoms with van der Waals surface area (Å²) < 4.78 is 11.6. The van der Waals surface area contributed by atoms with Gasteiger partial charge in [-0.3, -0.25) is 4.90 Å². The molecular formula is C30H61NO4. The maximum Gasteiger partial charge on any atom is 0.166 e. The molecule has 2 N–H and O–H groups in total. The Hall–Kier alpha value is -0.200. The highest BCUT2D eigenvalue weighted by atomic mass is 16.7. The Labute approximate surface area is 218 Å².